The average molecular weight is 658 g/mol. The van der Waals surface area contributed by atoms with Crippen LogP contribution in [0.25, 0.3) is 32.9 Å². The summed E-state index contributed by atoms with van der Waals surface area (Å²) in [6, 6.07) is 9.94. The van der Waals surface area contributed by atoms with Crippen LogP contribution in [0, 0.1) is 5.82 Å². The van der Waals surface area contributed by atoms with Gasteiger partial charge < -0.3 is 24.4 Å². The van der Waals surface area contributed by atoms with E-state index in [-0.39, 0.29) is 27.5 Å². The van der Waals surface area contributed by atoms with Gasteiger partial charge in [0.2, 0.25) is 0 Å². The smallest absolute Gasteiger partial charge is 0.425 e. The van der Waals surface area contributed by atoms with Crippen molar-refractivity contribution < 1.29 is 33.4 Å². The van der Waals surface area contributed by atoms with Crippen LogP contribution in [0.15, 0.2) is 36.4 Å². The fourth-order valence-corrected chi connectivity index (χ4v) is 6.14. The number of nitrogens with zero attached hydrogens (tertiary/aromatic N) is 5. The minimum atomic E-state index is -1.01. The predicted octanol–water partition coefficient (Wildman–Crippen LogP) is 7.78. The Morgan fingerprint density at radius 3 is 2.13 bits per heavy atom. The molecular formula is C31H33ClFN5O6S. The third kappa shape index (κ3) is 6.74. The lowest BCUT2D eigenvalue weighted by molar-refractivity contribution is 0.0429. The molecule has 0 bridgehead atoms. The van der Waals surface area contributed by atoms with Crippen LogP contribution in [0.4, 0.5) is 29.6 Å². The molecule has 1 N–H and O–H groups in total. The highest BCUT2D eigenvalue weighted by Gasteiger charge is 2.35. The van der Waals surface area contributed by atoms with Gasteiger partial charge in [-0.1, -0.05) is 29.8 Å². The summed E-state index contributed by atoms with van der Waals surface area (Å²) in [6.45, 7) is 11.4. The second-order valence-electron chi connectivity index (χ2n) is 12.5. The molecule has 238 valence electrons. The van der Waals surface area contributed by atoms with Crippen molar-refractivity contribution in [1.29, 1.82) is 0 Å². The van der Waals surface area contributed by atoms with Gasteiger partial charge in [0, 0.05) is 42.5 Å². The average Bonchev–Trinajstić information content (AvgIpc) is 3.35. The molecule has 2 aromatic heterocycles. The van der Waals surface area contributed by atoms with E-state index in [1.807, 2.05) is 4.90 Å². The standard InChI is InChI=1S/C31H33ClFN5O6S/c1-30(2,3)43-28(41)38(29(42)44-31(4,5)6)22-16-18(17-9-7-8-10-21(17)34-22)23-20(32)15-19-25(24(23)33)35-45-26(19)36-11-13-37(14-12-36)27(39)40/h7-10,15-16H,11-14H2,1-6H3,(H,39,40). The van der Waals surface area contributed by atoms with Gasteiger partial charge in [0.1, 0.15) is 27.5 Å². The van der Waals surface area contributed by atoms with E-state index in [0.717, 1.165) is 11.5 Å². The number of carboxylic acid groups (broad SMARTS) is 1. The second-order valence-corrected chi connectivity index (χ2v) is 13.7. The fraction of sp³-hybridized carbons (Fsp3) is 0.387. The van der Waals surface area contributed by atoms with Gasteiger partial charge in [0.25, 0.3) is 0 Å². The molecule has 14 heteroatoms. The van der Waals surface area contributed by atoms with Gasteiger partial charge in [-0.3, -0.25) is 0 Å². The Morgan fingerprint density at radius 1 is 0.956 bits per heavy atom. The highest BCUT2D eigenvalue weighted by atomic mass is 35.5. The number of ether oxygens (including phenoxy) is 2. The number of piperazine rings is 1. The second kappa shape index (κ2) is 11.9. The van der Waals surface area contributed by atoms with E-state index in [2.05, 4.69) is 9.36 Å². The Bertz CT molecular complexity index is 1780. The summed E-state index contributed by atoms with van der Waals surface area (Å²) < 4.78 is 32.0. The van der Waals surface area contributed by atoms with Crippen molar-refractivity contribution in [2.75, 3.05) is 36.0 Å². The number of hydrogen-bond acceptors (Lipinski definition) is 9. The van der Waals surface area contributed by atoms with Crippen molar-refractivity contribution in [3.63, 3.8) is 0 Å². The largest absolute Gasteiger partial charge is 0.465 e. The fourth-order valence-electron chi connectivity index (χ4n) is 4.93. The highest BCUT2D eigenvalue weighted by molar-refractivity contribution is 7.11. The molecule has 3 heterocycles. The van der Waals surface area contributed by atoms with Crippen LogP contribution in [0.1, 0.15) is 41.5 Å². The number of rotatable bonds is 3. The molecule has 0 spiro atoms. The maximum atomic E-state index is 16.5. The number of benzene rings is 2. The number of amides is 3. The third-order valence-electron chi connectivity index (χ3n) is 6.84. The molecule has 1 saturated heterocycles. The van der Waals surface area contributed by atoms with E-state index in [0.29, 0.717) is 52.4 Å². The quantitative estimate of drug-likeness (QED) is 0.235. The van der Waals surface area contributed by atoms with Crippen molar-refractivity contribution in [3.8, 4) is 11.1 Å². The predicted molar refractivity (Wildman–Crippen MR) is 172 cm³/mol. The number of aromatic nitrogens is 2. The number of anilines is 2. The monoisotopic (exact) mass is 657 g/mol. The molecule has 4 aromatic rings. The SMILES string of the molecule is CC(C)(C)OC(=O)N(C(=O)OC(C)(C)C)c1cc(-c2c(Cl)cc3c(N4CCN(C(=O)O)CC4)snc3c2F)c2ccccc2n1. The first-order valence-electron chi connectivity index (χ1n) is 14.2. The minimum Gasteiger partial charge on any atom is -0.465 e. The molecule has 0 saturated carbocycles. The van der Waals surface area contributed by atoms with Gasteiger partial charge in [-0.2, -0.15) is 9.27 Å². The van der Waals surface area contributed by atoms with Crippen LogP contribution in [0.5, 0.6) is 0 Å². The number of fused-ring (bicyclic) bond motifs is 2. The molecule has 11 nitrogen and oxygen atoms in total. The molecule has 1 aliphatic rings. The summed E-state index contributed by atoms with van der Waals surface area (Å²) in [4.78, 5) is 46.7. The normalized spacial score (nSPS) is 14.1. The molecule has 5 rings (SSSR count). The minimum absolute atomic E-state index is 0.0184. The van der Waals surface area contributed by atoms with Crippen LogP contribution in [0.3, 0.4) is 0 Å². The molecule has 45 heavy (non-hydrogen) atoms. The van der Waals surface area contributed by atoms with E-state index in [1.54, 1.807) is 71.9 Å². The molecule has 2 aromatic carbocycles. The number of para-hydroxylation sites is 1. The number of pyridine rings is 1. The van der Waals surface area contributed by atoms with Gasteiger partial charge in [-0.15, -0.1) is 0 Å². The number of hydrogen-bond donors (Lipinski definition) is 1. The van der Waals surface area contributed by atoms with Gasteiger partial charge in [-0.25, -0.2) is 23.8 Å². The molecule has 1 aliphatic heterocycles. The van der Waals surface area contributed by atoms with Crippen molar-refractivity contribution in [2.24, 2.45) is 0 Å². The van der Waals surface area contributed by atoms with Crippen molar-refractivity contribution in [1.82, 2.24) is 14.3 Å². The zero-order valence-electron chi connectivity index (χ0n) is 25.7. The molecule has 0 aliphatic carbocycles. The van der Waals surface area contributed by atoms with Crippen LogP contribution >= 0.6 is 23.1 Å². The van der Waals surface area contributed by atoms with E-state index in [9.17, 15) is 19.5 Å². The number of imide groups is 1. The lowest BCUT2D eigenvalue weighted by Crippen LogP contribution is -2.48. The Kier molecular flexibility index (Phi) is 8.53. The maximum Gasteiger partial charge on any atom is 0.425 e. The Labute approximate surface area is 268 Å². The van der Waals surface area contributed by atoms with Gasteiger partial charge >= 0.3 is 18.3 Å². The van der Waals surface area contributed by atoms with Crippen molar-refractivity contribution in [3.05, 3.63) is 47.2 Å². The first-order chi connectivity index (χ1) is 21.0. The van der Waals surface area contributed by atoms with Gasteiger partial charge in [0.05, 0.1) is 10.5 Å². The maximum absolute atomic E-state index is 16.5. The van der Waals surface area contributed by atoms with Crippen molar-refractivity contribution >= 4 is 74.0 Å². The topological polar surface area (TPSA) is 125 Å². The van der Waals surface area contributed by atoms with E-state index in [1.165, 1.54) is 11.0 Å². The first kappa shape index (κ1) is 32.2. The molecule has 0 unspecified atom stereocenters. The zero-order chi connectivity index (χ0) is 32.8. The Hall–Kier alpha value is -4.23. The number of halogens is 2. The van der Waals surface area contributed by atoms with Gasteiger partial charge in [-0.05, 0) is 76.8 Å². The molecular weight excluding hydrogens is 625 g/mol. The highest BCUT2D eigenvalue weighted by Crippen LogP contribution is 2.43. The summed E-state index contributed by atoms with van der Waals surface area (Å²) in [6.07, 6.45) is -3.01. The summed E-state index contributed by atoms with van der Waals surface area (Å²) in [5.41, 5.74) is -1.13. The Balaban J connectivity index is 1.65. The molecule has 0 atom stereocenters. The van der Waals surface area contributed by atoms with E-state index >= 15 is 4.39 Å². The molecule has 3 amide bonds. The zero-order valence-corrected chi connectivity index (χ0v) is 27.3. The summed E-state index contributed by atoms with van der Waals surface area (Å²) in [5, 5.41) is 11.1. The summed E-state index contributed by atoms with van der Waals surface area (Å²) >= 11 is 7.93. The van der Waals surface area contributed by atoms with Crippen LogP contribution in [0.2, 0.25) is 5.02 Å². The third-order valence-corrected chi connectivity index (χ3v) is 8.06. The number of carbonyl (C=O) groups is 3. The summed E-state index contributed by atoms with van der Waals surface area (Å²) in [5.74, 6) is -0.828. The van der Waals surface area contributed by atoms with E-state index in [4.69, 9.17) is 21.1 Å². The Morgan fingerprint density at radius 2 is 1.56 bits per heavy atom. The van der Waals surface area contributed by atoms with E-state index < -0.39 is 35.3 Å². The van der Waals surface area contributed by atoms with Crippen molar-refractivity contribution in [2.45, 2.75) is 52.7 Å². The summed E-state index contributed by atoms with van der Waals surface area (Å²) in [7, 11) is 0. The lowest BCUT2D eigenvalue weighted by atomic mass is 9.98. The molecule has 1 fully saturated rings. The van der Waals surface area contributed by atoms with Crippen LogP contribution < -0.4 is 9.80 Å². The van der Waals surface area contributed by atoms with Crippen LogP contribution in [-0.4, -0.2) is 75.0 Å². The molecule has 0 radical (unpaired) electrons. The lowest BCUT2D eigenvalue weighted by Gasteiger charge is -2.33. The van der Waals surface area contributed by atoms with Crippen LogP contribution in [-0.2, 0) is 9.47 Å². The van der Waals surface area contributed by atoms with Gasteiger partial charge in [0.15, 0.2) is 5.82 Å². The first-order valence-corrected chi connectivity index (χ1v) is 15.4. The number of carbonyl (C=O) groups excluding carboxylic acids is 2.